The first-order valence-corrected chi connectivity index (χ1v) is 7.38. The number of aliphatic carboxylic acids is 1. The number of carboxylic acid groups (broad SMARTS) is 1. The molecule has 1 heterocycles. The van der Waals surface area contributed by atoms with E-state index in [9.17, 15) is 22.8 Å². The van der Waals surface area contributed by atoms with Crippen molar-refractivity contribution in [3.63, 3.8) is 0 Å². The van der Waals surface area contributed by atoms with Crippen molar-refractivity contribution < 1.29 is 32.6 Å². The van der Waals surface area contributed by atoms with Gasteiger partial charge in [0.15, 0.2) is 0 Å². The van der Waals surface area contributed by atoms with E-state index in [0.29, 0.717) is 10.9 Å². The second-order valence-electron chi connectivity index (χ2n) is 6.17. The summed E-state index contributed by atoms with van der Waals surface area (Å²) in [5, 5.41) is 12.1. The average Bonchev–Trinajstić information content (AvgIpc) is 2.88. The third-order valence-electron chi connectivity index (χ3n) is 3.69. The van der Waals surface area contributed by atoms with Crippen LogP contribution in [0.4, 0.5) is 13.2 Å². The Bertz CT molecular complexity index is 796. The lowest BCUT2D eigenvalue weighted by atomic mass is 9.90. The van der Waals surface area contributed by atoms with Crippen molar-refractivity contribution in [2.45, 2.75) is 26.6 Å². The zero-order chi connectivity index (χ0) is 18.8. The van der Waals surface area contributed by atoms with E-state index in [1.807, 2.05) is 0 Å². The molecule has 6 nitrogen and oxygen atoms in total. The number of hydrogen-bond acceptors (Lipinski definition) is 3. The number of benzene rings is 1. The van der Waals surface area contributed by atoms with Crippen molar-refractivity contribution in [1.82, 2.24) is 10.3 Å². The predicted molar refractivity (Wildman–Crippen MR) is 83.3 cm³/mol. The van der Waals surface area contributed by atoms with Gasteiger partial charge in [0.1, 0.15) is 11.4 Å². The summed E-state index contributed by atoms with van der Waals surface area (Å²) in [5.74, 6) is -1.84. The van der Waals surface area contributed by atoms with Crippen LogP contribution in [0.2, 0.25) is 0 Å². The molecule has 0 saturated heterocycles. The number of hydrogen-bond donors (Lipinski definition) is 3. The van der Waals surface area contributed by atoms with E-state index >= 15 is 0 Å². The lowest BCUT2D eigenvalue weighted by Gasteiger charge is -2.18. The van der Waals surface area contributed by atoms with Crippen LogP contribution in [0.1, 0.15) is 30.8 Å². The molecule has 2 rings (SSSR count). The molecule has 0 radical (unpaired) electrons. The maximum atomic E-state index is 12.2. The highest BCUT2D eigenvalue weighted by Crippen LogP contribution is 2.26. The summed E-state index contributed by atoms with van der Waals surface area (Å²) in [6.07, 6.45) is -4.56. The number of aromatic nitrogens is 1. The van der Waals surface area contributed by atoms with E-state index in [4.69, 9.17) is 5.11 Å². The molecule has 1 aromatic carbocycles. The van der Waals surface area contributed by atoms with Crippen molar-refractivity contribution in [1.29, 1.82) is 0 Å². The second kappa shape index (κ2) is 6.66. The summed E-state index contributed by atoms with van der Waals surface area (Å²) in [4.78, 5) is 25.8. The molecule has 0 saturated carbocycles. The van der Waals surface area contributed by atoms with E-state index < -0.39 is 29.4 Å². The van der Waals surface area contributed by atoms with Gasteiger partial charge in [-0.3, -0.25) is 9.59 Å². The molecule has 136 valence electrons. The average molecular weight is 358 g/mol. The lowest BCUT2D eigenvalue weighted by molar-refractivity contribution is -0.274. The number of rotatable bonds is 6. The van der Waals surface area contributed by atoms with E-state index in [-0.39, 0.29) is 18.7 Å². The molecular formula is C16H17F3N2O4. The Labute approximate surface area is 141 Å². The molecule has 0 bridgehead atoms. The smallest absolute Gasteiger partial charge is 0.481 e. The van der Waals surface area contributed by atoms with Crippen molar-refractivity contribution in [3.05, 3.63) is 30.0 Å². The highest BCUT2D eigenvalue weighted by Gasteiger charge is 2.31. The molecule has 0 aliphatic carbocycles. The second-order valence-corrected chi connectivity index (χ2v) is 6.17. The Morgan fingerprint density at radius 1 is 1.24 bits per heavy atom. The van der Waals surface area contributed by atoms with Gasteiger partial charge in [-0.05, 0) is 38.5 Å². The normalized spacial score (nSPS) is 12.2. The standard InChI is InChI=1S/C16H17F3N2O4/c1-15(2,14(23)24)5-6-20-13(22)12-7-9-3-4-10(8-11(9)21-12)25-16(17,18)19/h3-4,7-8,21H,5-6H2,1-2H3,(H,20,22)(H,23,24). The SMILES string of the molecule is CC(C)(CCNC(=O)c1cc2ccc(OC(F)(F)F)cc2[nH]1)C(=O)O. The Balaban J connectivity index is 2.05. The van der Waals surface area contributed by atoms with Crippen LogP contribution < -0.4 is 10.1 Å². The number of halogens is 3. The number of H-pyrrole nitrogens is 1. The molecule has 1 amide bonds. The third-order valence-corrected chi connectivity index (χ3v) is 3.69. The monoisotopic (exact) mass is 358 g/mol. The number of aromatic amines is 1. The first-order valence-electron chi connectivity index (χ1n) is 7.38. The first kappa shape index (κ1) is 18.6. The Morgan fingerprint density at radius 2 is 1.92 bits per heavy atom. The summed E-state index contributed by atoms with van der Waals surface area (Å²) in [7, 11) is 0. The quantitative estimate of drug-likeness (QED) is 0.739. The minimum atomic E-state index is -4.79. The molecule has 0 aliphatic rings. The number of amides is 1. The van der Waals surface area contributed by atoms with Gasteiger partial charge in [-0.2, -0.15) is 0 Å². The summed E-state index contributed by atoms with van der Waals surface area (Å²) in [5.41, 5.74) is -0.498. The molecular weight excluding hydrogens is 341 g/mol. The number of fused-ring (bicyclic) bond motifs is 1. The number of carbonyl (C=O) groups is 2. The number of alkyl halides is 3. The van der Waals surface area contributed by atoms with Crippen molar-refractivity contribution in [3.8, 4) is 5.75 Å². The molecule has 0 spiro atoms. The highest BCUT2D eigenvalue weighted by atomic mass is 19.4. The summed E-state index contributed by atoms with van der Waals surface area (Å²) in [6, 6.07) is 5.19. The molecule has 1 aromatic heterocycles. The van der Waals surface area contributed by atoms with Crippen LogP contribution in [-0.4, -0.2) is 34.9 Å². The largest absolute Gasteiger partial charge is 0.573 e. The summed E-state index contributed by atoms with van der Waals surface area (Å²) in [6.45, 7) is 3.25. The number of nitrogens with one attached hydrogen (secondary N) is 2. The van der Waals surface area contributed by atoms with Crippen LogP contribution in [0.25, 0.3) is 10.9 Å². The van der Waals surface area contributed by atoms with Crippen molar-refractivity contribution >= 4 is 22.8 Å². The van der Waals surface area contributed by atoms with Gasteiger partial charge >= 0.3 is 12.3 Å². The van der Waals surface area contributed by atoms with E-state index in [1.165, 1.54) is 12.1 Å². The summed E-state index contributed by atoms with van der Waals surface area (Å²) >= 11 is 0. The van der Waals surface area contributed by atoms with Crippen molar-refractivity contribution in [2.24, 2.45) is 5.41 Å². The Kier molecular flexibility index (Phi) is 4.96. The first-order chi connectivity index (χ1) is 11.5. The molecule has 2 aromatic rings. The zero-order valence-corrected chi connectivity index (χ0v) is 13.5. The van der Waals surface area contributed by atoms with Crippen LogP contribution >= 0.6 is 0 Å². The number of carboxylic acids is 1. The number of carbonyl (C=O) groups excluding carboxylic acids is 1. The molecule has 0 fully saturated rings. The van der Waals surface area contributed by atoms with Gasteiger partial charge in [-0.15, -0.1) is 13.2 Å². The minimum Gasteiger partial charge on any atom is -0.481 e. The minimum absolute atomic E-state index is 0.149. The van der Waals surface area contributed by atoms with E-state index in [0.717, 1.165) is 12.1 Å². The Morgan fingerprint density at radius 3 is 2.52 bits per heavy atom. The Hall–Kier alpha value is -2.71. The number of ether oxygens (including phenoxy) is 1. The third kappa shape index (κ3) is 4.88. The van der Waals surface area contributed by atoms with Crippen LogP contribution in [0.15, 0.2) is 24.3 Å². The van der Waals surface area contributed by atoms with Crippen LogP contribution in [-0.2, 0) is 4.79 Å². The van der Waals surface area contributed by atoms with E-state index in [1.54, 1.807) is 13.8 Å². The fraction of sp³-hybridized carbons (Fsp3) is 0.375. The van der Waals surface area contributed by atoms with E-state index in [2.05, 4.69) is 15.0 Å². The fourth-order valence-electron chi connectivity index (χ4n) is 2.12. The topological polar surface area (TPSA) is 91.4 Å². The van der Waals surface area contributed by atoms with Gasteiger partial charge < -0.3 is 20.1 Å². The molecule has 0 atom stereocenters. The highest BCUT2D eigenvalue weighted by molar-refractivity contribution is 5.98. The van der Waals surface area contributed by atoms with Gasteiger partial charge in [-0.25, -0.2) is 0 Å². The lowest BCUT2D eigenvalue weighted by Crippen LogP contribution is -2.32. The fourth-order valence-corrected chi connectivity index (χ4v) is 2.12. The van der Waals surface area contributed by atoms with Gasteiger partial charge in [0.25, 0.3) is 5.91 Å². The maximum Gasteiger partial charge on any atom is 0.573 e. The predicted octanol–water partition coefficient (Wildman–Crippen LogP) is 3.30. The molecule has 25 heavy (non-hydrogen) atoms. The van der Waals surface area contributed by atoms with Crippen LogP contribution in [0, 0.1) is 5.41 Å². The van der Waals surface area contributed by atoms with Crippen molar-refractivity contribution in [2.75, 3.05) is 6.54 Å². The molecule has 3 N–H and O–H groups in total. The molecule has 9 heteroatoms. The zero-order valence-electron chi connectivity index (χ0n) is 13.5. The van der Waals surface area contributed by atoms with Gasteiger partial charge in [0.2, 0.25) is 0 Å². The summed E-state index contributed by atoms with van der Waals surface area (Å²) < 4.78 is 40.5. The van der Waals surface area contributed by atoms with Gasteiger partial charge in [-0.1, -0.05) is 0 Å². The molecule has 0 aliphatic heterocycles. The van der Waals surface area contributed by atoms with Crippen LogP contribution in [0.5, 0.6) is 5.75 Å². The molecule has 0 unspecified atom stereocenters. The van der Waals surface area contributed by atoms with Crippen LogP contribution in [0.3, 0.4) is 0 Å². The van der Waals surface area contributed by atoms with Gasteiger partial charge in [0, 0.05) is 23.5 Å². The van der Waals surface area contributed by atoms with Gasteiger partial charge in [0.05, 0.1) is 5.41 Å². The maximum absolute atomic E-state index is 12.2.